The Morgan fingerprint density at radius 1 is 1.47 bits per heavy atom. The van der Waals surface area contributed by atoms with Crippen molar-refractivity contribution in [3.8, 4) is 0 Å². The normalized spacial score (nSPS) is 29.4. The molecule has 2 atom stereocenters. The maximum absolute atomic E-state index is 11.1. The molecule has 0 heterocycles. The van der Waals surface area contributed by atoms with Gasteiger partial charge >= 0.3 is 5.97 Å². The third-order valence-electron chi connectivity index (χ3n) is 3.81. The summed E-state index contributed by atoms with van der Waals surface area (Å²) in [4.78, 5) is 11.1. The average Bonchev–Trinajstić information content (AvgIpc) is 2.67. The number of hydrogen-bond donors (Lipinski definition) is 1. The Bertz CT molecular complexity index is 287. The van der Waals surface area contributed by atoms with Crippen molar-refractivity contribution < 1.29 is 9.90 Å². The van der Waals surface area contributed by atoms with E-state index < -0.39 is 5.97 Å². The standard InChI is InChI=1S/C13H22O2/c1-6-7-8-12(2,3)10-9(11(14)15)13(10,4)5/h6-7,9-10H,8H2,1-5H3,(H,14,15)/t9?,10-/m0/s1. The average molecular weight is 210 g/mol. The highest BCUT2D eigenvalue weighted by molar-refractivity contribution is 5.75. The van der Waals surface area contributed by atoms with Crippen LogP contribution in [0.5, 0.6) is 0 Å². The van der Waals surface area contributed by atoms with Crippen LogP contribution in [0.15, 0.2) is 12.2 Å². The minimum Gasteiger partial charge on any atom is -0.481 e. The molecule has 1 saturated carbocycles. The largest absolute Gasteiger partial charge is 0.481 e. The molecule has 15 heavy (non-hydrogen) atoms. The summed E-state index contributed by atoms with van der Waals surface area (Å²) in [7, 11) is 0. The number of carboxylic acids is 1. The van der Waals surface area contributed by atoms with Gasteiger partial charge in [0.25, 0.3) is 0 Å². The Hall–Kier alpha value is -0.790. The van der Waals surface area contributed by atoms with E-state index in [0.29, 0.717) is 5.92 Å². The SMILES string of the molecule is CC=CCC(C)(C)[C@@H]1C(C(=O)O)C1(C)C. The Balaban J connectivity index is 2.78. The molecular weight excluding hydrogens is 188 g/mol. The van der Waals surface area contributed by atoms with Crippen molar-refractivity contribution in [2.24, 2.45) is 22.7 Å². The summed E-state index contributed by atoms with van der Waals surface area (Å²) in [6.45, 7) is 10.5. The minimum atomic E-state index is -0.640. The molecule has 2 heteroatoms. The fourth-order valence-corrected chi connectivity index (χ4v) is 3.11. The molecule has 0 aromatic rings. The van der Waals surface area contributed by atoms with E-state index in [1.54, 1.807) is 0 Å². The van der Waals surface area contributed by atoms with Crippen molar-refractivity contribution in [3.63, 3.8) is 0 Å². The lowest BCUT2D eigenvalue weighted by atomic mass is 9.80. The van der Waals surface area contributed by atoms with Gasteiger partial charge in [-0.05, 0) is 30.1 Å². The van der Waals surface area contributed by atoms with Crippen LogP contribution in [-0.2, 0) is 4.79 Å². The van der Waals surface area contributed by atoms with E-state index in [1.165, 1.54) is 0 Å². The zero-order valence-electron chi connectivity index (χ0n) is 10.4. The Morgan fingerprint density at radius 3 is 2.33 bits per heavy atom. The third-order valence-corrected chi connectivity index (χ3v) is 3.81. The molecule has 1 fully saturated rings. The van der Waals surface area contributed by atoms with Crippen LogP contribution in [0, 0.1) is 22.7 Å². The first kappa shape index (κ1) is 12.3. The molecule has 1 rings (SSSR count). The summed E-state index contributed by atoms with van der Waals surface area (Å²) in [6, 6.07) is 0. The summed E-state index contributed by atoms with van der Waals surface area (Å²) in [6.07, 6.45) is 5.13. The van der Waals surface area contributed by atoms with Gasteiger partial charge in [0.15, 0.2) is 0 Å². The lowest BCUT2D eigenvalue weighted by Gasteiger charge is -2.24. The van der Waals surface area contributed by atoms with Crippen LogP contribution in [0.4, 0.5) is 0 Å². The topological polar surface area (TPSA) is 37.3 Å². The first-order chi connectivity index (χ1) is 6.75. The van der Waals surface area contributed by atoms with Crippen LogP contribution in [0.25, 0.3) is 0 Å². The minimum absolute atomic E-state index is 0.0447. The Labute approximate surface area is 92.4 Å². The number of carbonyl (C=O) groups is 1. The highest BCUT2D eigenvalue weighted by Crippen LogP contribution is 2.66. The number of aliphatic carboxylic acids is 1. The van der Waals surface area contributed by atoms with Gasteiger partial charge in [0, 0.05) is 0 Å². The van der Waals surface area contributed by atoms with Crippen molar-refractivity contribution in [3.05, 3.63) is 12.2 Å². The lowest BCUT2D eigenvalue weighted by molar-refractivity contribution is -0.139. The van der Waals surface area contributed by atoms with Crippen LogP contribution >= 0.6 is 0 Å². The summed E-state index contributed by atoms with van der Waals surface area (Å²) >= 11 is 0. The molecule has 1 aliphatic rings. The monoisotopic (exact) mass is 210 g/mol. The fourth-order valence-electron chi connectivity index (χ4n) is 3.11. The van der Waals surface area contributed by atoms with E-state index in [-0.39, 0.29) is 16.7 Å². The summed E-state index contributed by atoms with van der Waals surface area (Å²) in [5, 5.41) is 9.13. The molecule has 86 valence electrons. The molecule has 0 aromatic carbocycles. The van der Waals surface area contributed by atoms with E-state index >= 15 is 0 Å². The Kier molecular flexibility index (Phi) is 2.99. The first-order valence-electron chi connectivity index (χ1n) is 5.59. The molecule has 1 unspecified atom stereocenters. The molecule has 0 aromatic heterocycles. The van der Waals surface area contributed by atoms with Gasteiger partial charge in [-0.25, -0.2) is 0 Å². The molecule has 1 N–H and O–H groups in total. The van der Waals surface area contributed by atoms with Gasteiger partial charge in [-0.1, -0.05) is 39.8 Å². The molecule has 0 bridgehead atoms. The maximum atomic E-state index is 11.1. The van der Waals surface area contributed by atoms with E-state index in [4.69, 9.17) is 5.11 Å². The van der Waals surface area contributed by atoms with Gasteiger partial charge in [-0.2, -0.15) is 0 Å². The van der Waals surface area contributed by atoms with Gasteiger partial charge in [0.2, 0.25) is 0 Å². The molecular formula is C13H22O2. The molecule has 0 radical (unpaired) electrons. The van der Waals surface area contributed by atoms with E-state index in [1.807, 2.05) is 13.0 Å². The van der Waals surface area contributed by atoms with Gasteiger partial charge in [-0.3, -0.25) is 4.79 Å². The molecule has 1 aliphatic carbocycles. The molecule has 0 saturated heterocycles. The van der Waals surface area contributed by atoms with Crippen LogP contribution < -0.4 is 0 Å². The number of hydrogen-bond acceptors (Lipinski definition) is 1. The van der Waals surface area contributed by atoms with Crippen LogP contribution in [-0.4, -0.2) is 11.1 Å². The summed E-state index contributed by atoms with van der Waals surface area (Å²) in [5.74, 6) is -0.519. The van der Waals surface area contributed by atoms with Crippen molar-refractivity contribution in [1.82, 2.24) is 0 Å². The molecule has 0 spiro atoms. The second-order valence-electron chi connectivity index (χ2n) is 5.88. The third kappa shape index (κ3) is 2.09. The van der Waals surface area contributed by atoms with Crippen LogP contribution in [0.3, 0.4) is 0 Å². The fraction of sp³-hybridized carbons (Fsp3) is 0.769. The van der Waals surface area contributed by atoms with Gasteiger partial charge in [0.05, 0.1) is 5.92 Å². The zero-order chi connectivity index (χ0) is 11.9. The van der Waals surface area contributed by atoms with Crippen LogP contribution in [0.2, 0.25) is 0 Å². The second kappa shape index (κ2) is 3.66. The highest BCUT2D eigenvalue weighted by Gasteiger charge is 2.66. The predicted octanol–water partition coefficient (Wildman–Crippen LogP) is 3.34. The molecule has 0 aliphatic heterocycles. The van der Waals surface area contributed by atoms with Crippen LogP contribution in [0.1, 0.15) is 41.0 Å². The summed E-state index contributed by atoms with van der Waals surface area (Å²) in [5.41, 5.74) is 0.0377. The molecule has 0 amide bonds. The second-order valence-corrected chi connectivity index (χ2v) is 5.88. The van der Waals surface area contributed by atoms with E-state index in [9.17, 15) is 4.79 Å². The summed E-state index contributed by atoms with van der Waals surface area (Å²) < 4.78 is 0. The maximum Gasteiger partial charge on any atom is 0.307 e. The van der Waals surface area contributed by atoms with Gasteiger partial charge in [0.1, 0.15) is 0 Å². The highest BCUT2D eigenvalue weighted by atomic mass is 16.4. The quantitative estimate of drug-likeness (QED) is 0.723. The Morgan fingerprint density at radius 2 is 2.00 bits per heavy atom. The van der Waals surface area contributed by atoms with E-state index in [0.717, 1.165) is 6.42 Å². The van der Waals surface area contributed by atoms with E-state index in [2.05, 4.69) is 33.8 Å². The van der Waals surface area contributed by atoms with Crippen molar-refractivity contribution in [1.29, 1.82) is 0 Å². The van der Waals surface area contributed by atoms with Gasteiger partial charge < -0.3 is 5.11 Å². The first-order valence-corrected chi connectivity index (χ1v) is 5.59. The van der Waals surface area contributed by atoms with Crippen molar-refractivity contribution >= 4 is 5.97 Å². The lowest BCUT2D eigenvalue weighted by Crippen LogP contribution is -2.17. The van der Waals surface area contributed by atoms with Crippen molar-refractivity contribution in [2.45, 2.75) is 41.0 Å². The predicted molar refractivity (Wildman–Crippen MR) is 61.6 cm³/mol. The molecule has 2 nitrogen and oxygen atoms in total. The van der Waals surface area contributed by atoms with Crippen molar-refractivity contribution in [2.75, 3.05) is 0 Å². The number of rotatable bonds is 4. The number of allylic oxidation sites excluding steroid dienone is 2. The van der Waals surface area contributed by atoms with Gasteiger partial charge in [-0.15, -0.1) is 0 Å². The number of carboxylic acid groups (broad SMARTS) is 1. The smallest absolute Gasteiger partial charge is 0.307 e. The zero-order valence-corrected chi connectivity index (χ0v) is 10.4.